The second-order valence-corrected chi connectivity index (χ2v) is 6.88. The van der Waals surface area contributed by atoms with Crippen molar-refractivity contribution in [2.45, 2.75) is 5.16 Å². The van der Waals surface area contributed by atoms with Crippen LogP contribution in [0.3, 0.4) is 0 Å². The highest BCUT2D eigenvalue weighted by molar-refractivity contribution is 7.94. The van der Waals surface area contributed by atoms with E-state index in [0.29, 0.717) is 11.4 Å². The molecule has 2 aromatic carbocycles. The summed E-state index contributed by atoms with van der Waals surface area (Å²) in [6.07, 6.45) is 1.46. The lowest BCUT2D eigenvalue weighted by atomic mass is 10.0. The number of imidazole rings is 1. The van der Waals surface area contributed by atoms with Crippen molar-refractivity contribution in [2.75, 3.05) is 0 Å². The van der Waals surface area contributed by atoms with Gasteiger partial charge in [-0.05, 0) is 0 Å². The summed E-state index contributed by atoms with van der Waals surface area (Å²) in [6, 6.07) is 19.0. The summed E-state index contributed by atoms with van der Waals surface area (Å²) in [5.74, 6) is 0. The predicted molar refractivity (Wildman–Crippen MR) is 96.9 cm³/mol. The Morgan fingerprint density at radius 1 is 0.875 bits per heavy atom. The Hall–Kier alpha value is -2.92. The van der Waals surface area contributed by atoms with Gasteiger partial charge in [0.2, 0.25) is 15.0 Å². The highest BCUT2D eigenvalue weighted by atomic mass is 32.2. The second-order valence-electron chi connectivity index (χ2n) is 5.09. The van der Waals surface area contributed by atoms with E-state index in [9.17, 15) is 8.42 Å². The molecule has 0 aliphatic rings. The monoisotopic (exact) mass is 336 g/mol. The number of hydrogen-bond donors (Lipinski definition) is 0. The van der Waals surface area contributed by atoms with Gasteiger partial charge in [-0.3, -0.25) is 4.57 Å². The van der Waals surface area contributed by atoms with E-state index in [1.165, 1.54) is 10.8 Å². The first-order valence-corrected chi connectivity index (χ1v) is 8.86. The Balaban J connectivity index is 2.41. The van der Waals surface area contributed by atoms with E-state index in [2.05, 4.69) is 18.1 Å². The lowest BCUT2D eigenvalue weighted by Crippen LogP contribution is -2.04. The summed E-state index contributed by atoms with van der Waals surface area (Å²) in [5.41, 5.74) is 2.95. The average molecular weight is 336 g/mol. The maximum absolute atomic E-state index is 12.4. The average Bonchev–Trinajstić information content (AvgIpc) is 3.03. The predicted octanol–water partition coefficient (Wildman–Crippen LogP) is 4.23. The van der Waals surface area contributed by atoms with Crippen molar-refractivity contribution >= 4 is 16.0 Å². The van der Waals surface area contributed by atoms with Gasteiger partial charge in [-0.1, -0.05) is 73.8 Å². The fourth-order valence-electron chi connectivity index (χ4n) is 2.53. The van der Waals surface area contributed by atoms with E-state index < -0.39 is 9.84 Å². The minimum absolute atomic E-state index is 0.0924. The van der Waals surface area contributed by atoms with Crippen LogP contribution in [0.4, 0.5) is 0 Å². The SMILES string of the molecule is C=Cn1c(S(=O)(=O)C=C)nc(-c2ccccc2)c1-c1ccccc1. The molecule has 0 saturated carbocycles. The number of benzene rings is 2. The van der Waals surface area contributed by atoms with E-state index in [4.69, 9.17) is 0 Å². The van der Waals surface area contributed by atoms with E-state index in [-0.39, 0.29) is 5.16 Å². The topological polar surface area (TPSA) is 52.0 Å². The van der Waals surface area contributed by atoms with Crippen molar-refractivity contribution in [1.82, 2.24) is 9.55 Å². The molecular weight excluding hydrogens is 320 g/mol. The van der Waals surface area contributed by atoms with Crippen molar-refractivity contribution < 1.29 is 8.42 Å². The molecule has 0 radical (unpaired) electrons. The van der Waals surface area contributed by atoms with Crippen LogP contribution < -0.4 is 0 Å². The van der Waals surface area contributed by atoms with E-state index in [0.717, 1.165) is 16.5 Å². The van der Waals surface area contributed by atoms with Crippen molar-refractivity contribution in [3.05, 3.63) is 79.2 Å². The quantitative estimate of drug-likeness (QED) is 0.700. The summed E-state index contributed by atoms with van der Waals surface area (Å²) < 4.78 is 26.2. The van der Waals surface area contributed by atoms with Gasteiger partial charge in [0.05, 0.1) is 11.4 Å². The minimum atomic E-state index is -3.71. The Morgan fingerprint density at radius 3 is 1.92 bits per heavy atom. The van der Waals surface area contributed by atoms with Gasteiger partial charge in [-0.15, -0.1) is 0 Å². The van der Waals surface area contributed by atoms with Crippen molar-refractivity contribution in [3.8, 4) is 22.5 Å². The third-order valence-electron chi connectivity index (χ3n) is 3.63. The van der Waals surface area contributed by atoms with Gasteiger partial charge < -0.3 is 0 Å². The zero-order chi connectivity index (χ0) is 17.2. The van der Waals surface area contributed by atoms with Crippen LogP contribution in [0.25, 0.3) is 28.7 Å². The molecule has 0 aliphatic carbocycles. The molecule has 3 rings (SSSR count). The van der Waals surface area contributed by atoms with Gasteiger partial charge in [0.15, 0.2) is 0 Å². The third kappa shape index (κ3) is 2.70. The Morgan fingerprint density at radius 2 is 1.42 bits per heavy atom. The molecule has 0 unspecified atom stereocenters. The number of nitrogens with zero attached hydrogens (tertiary/aromatic N) is 2. The standard InChI is InChI=1S/C19H16N2O2S/c1-3-21-18(16-13-9-6-10-14-16)17(15-11-7-5-8-12-15)20-19(21)24(22,23)4-2/h3-14H,1-2H2. The molecule has 1 heterocycles. The molecule has 0 aliphatic heterocycles. The van der Waals surface area contributed by atoms with E-state index in [1.807, 2.05) is 60.7 Å². The normalized spacial score (nSPS) is 11.2. The molecule has 0 fully saturated rings. The van der Waals surface area contributed by atoms with Gasteiger partial charge in [-0.2, -0.15) is 0 Å². The molecule has 3 aromatic rings. The van der Waals surface area contributed by atoms with Crippen LogP contribution in [0, 0.1) is 0 Å². The summed E-state index contributed by atoms with van der Waals surface area (Å²) in [6.45, 7) is 7.15. The molecule has 0 bridgehead atoms. The molecule has 0 saturated heterocycles. The van der Waals surface area contributed by atoms with Crippen molar-refractivity contribution in [3.63, 3.8) is 0 Å². The first-order chi connectivity index (χ1) is 11.6. The van der Waals surface area contributed by atoms with E-state index in [1.54, 1.807) is 0 Å². The fraction of sp³-hybridized carbons (Fsp3) is 0. The lowest BCUT2D eigenvalue weighted by Gasteiger charge is -2.08. The lowest BCUT2D eigenvalue weighted by molar-refractivity contribution is 0.595. The van der Waals surface area contributed by atoms with Crippen molar-refractivity contribution in [2.24, 2.45) is 0 Å². The van der Waals surface area contributed by atoms with Crippen LogP contribution >= 0.6 is 0 Å². The molecule has 0 amide bonds. The molecule has 0 atom stereocenters. The van der Waals surface area contributed by atoms with Gasteiger partial charge in [0.1, 0.15) is 0 Å². The molecule has 5 heteroatoms. The maximum Gasteiger partial charge on any atom is 0.237 e. The number of hydrogen-bond acceptors (Lipinski definition) is 3. The molecular formula is C19H16N2O2S. The maximum atomic E-state index is 12.4. The van der Waals surface area contributed by atoms with Crippen molar-refractivity contribution in [1.29, 1.82) is 0 Å². The van der Waals surface area contributed by atoms with Crippen LogP contribution in [0.15, 0.2) is 84.4 Å². The van der Waals surface area contributed by atoms with Crippen LogP contribution in [0.1, 0.15) is 0 Å². The fourth-order valence-corrected chi connectivity index (χ4v) is 3.33. The summed E-state index contributed by atoms with van der Waals surface area (Å²) in [7, 11) is -3.71. The molecule has 0 N–H and O–H groups in total. The number of sulfone groups is 1. The third-order valence-corrected chi connectivity index (χ3v) is 4.87. The number of aromatic nitrogens is 2. The Labute approximate surface area is 141 Å². The minimum Gasteiger partial charge on any atom is -0.290 e. The van der Waals surface area contributed by atoms with Crippen LogP contribution in [0.2, 0.25) is 0 Å². The molecule has 1 aromatic heterocycles. The first-order valence-electron chi connectivity index (χ1n) is 7.31. The Bertz CT molecular complexity index is 989. The summed E-state index contributed by atoms with van der Waals surface area (Å²) in [4.78, 5) is 4.40. The van der Waals surface area contributed by atoms with Crippen LogP contribution in [-0.2, 0) is 9.84 Å². The molecule has 24 heavy (non-hydrogen) atoms. The van der Waals surface area contributed by atoms with Crippen LogP contribution in [0.5, 0.6) is 0 Å². The number of rotatable bonds is 5. The van der Waals surface area contributed by atoms with Gasteiger partial charge in [-0.25, -0.2) is 13.4 Å². The van der Waals surface area contributed by atoms with Gasteiger partial charge in [0.25, 0.3) is 0 Å². The Kier molecular flexibility index (Phi) is 4.18. The second kappa shape index (κ2) is 6.29. The zero-order valence-electron chi connectivity index (χ0n) is 13.0. The molecule has 120 valence electrons. The summed E-state index contributed by atoms with van der Waals surface area (Å²) in [5, 5.41) is 0.809. The van der Waals surface area contributed by atoms with Gasteiger partial charge >= 0.3 is 0 Å². The zero-order valence-corrected chi connectivity index (χ0v) is 13.8. The molecule has 4 nitrogen and oxygen atoms in total. The largest absolute Gasteiger partial charge is 0.290 e. The highest BCUT2D eigenvalue weighted by Gasteiger charge is 2.25. The smallest absolute Gasteiger partial charge is 0.237 e. The first kappa shape index (κ1) is 16.0. The summed E-state index contributed by atoms with van der Waals surface area (Å²) >= 11 is 0. The van der Waals surface area contributed by atoms with Gasteiger partial charge in [0, 0.05) is 22.7 Å². The highest BCUT2D eigenvalue weighted by Crippen LogP contribution is 2.34. The van der Waals surface area contributed by atoms with E-state index >= 15 is 0 Å². The molecule has 0 spiro atoms. The van der Waals surface area contributed by atoms with Crippen LogP contribution in [-0.4, -0.2) is 18.0 Å².